The van der Waals surface area contributed by atoms with Gasteiger partial charge < -0.3 is 9.64 Å². The molecule has 1 N–H and O–H groups in total. The SMILES string of the molecule is COc1cccc(C(=O)CN2C=C[NH+](C)C2)c1. The van der Waals surface area contributed by atoms with Crippen LogP contribution in [0.15, 0.2) is 36.7 Å². The van der Waals surface area contributed by atoms with E-state index < -0.39 is 0 Å². The first-order valence-corrected chi connectivity index (χ1v) is 5.61. The molecule has 1 unspecified atom stereocenters. The predicted molar refractivity (Wildman–Crippen MR) is 64.9 cm³/mol. The average Bonchev–Trinajstić information content (AvgIpc) is 2.75. The third kappa shape index (κ3) is 2.85. The molecule has 90 valence electrons. The molecule has 4 nitrogen and oxygen atoms in total. The summed E-state index contributed by atoms with van der Waals surface area (Å²) in [5.41, 5.74) is 0.697. The Balaban J connectivity index is 2.02. The molecule has 0 fully saturated rings. The number of carbonyl (C=O) groups is 1. The number of carbonyl (C=O) groups excluding carboxylic acids is 1. The van der Waals surface area contributed by atoms with Gasteiger partial charge in [0, 0.05) is 5.56 Å². The summed E-state index contributed by atoms with van der Waals surface area (Å²) in [4.78, 5) is 15.3. The summed E-state index contributed by atoms with van der Waals surface area (Å²) in [7, 11) is 3.66. The highest BCUT2D eigenvalue weighted by atomic mass is 16.5. The topological polar surface area (TPSA) is 34.0 Å². The van der Waals surface area contributed by atoms with Crippen LogP contribution in [0.5, 0.6) is 5.75 Å². The Morgan fingerprint density at radius 3 is 3.00 bits per heavy atom. The highest BCUT2D eigenvalue weighted by Gasteiger charge is 2.17. The number of hydrogen-bond acceptors (Lipinski definition) is 3. The average molecular weight is 233 g/mol. The van der Waals surface area contributed by atoms with Crippen molar-refractivity contribution in [1.82, 2.24) is 4.90 Å². The molecule has 1 aromatic rings. The maximum absolute atomic E-state index is 12.0. The van der Waals surface area contributed by atoms with E-state index in [1.54, 1.807) is 13.2 Å². The van der Waals surface area contributed by atoms with Crippen LogP contribution in [0.25, 0.3) is 0 Å². The van der Waals surface area contributed by atoms with E-state index in [1.807, 2.05) is 35.5 Å². The summed E-state index contributed by atoms with van der Waals surface area (Å²) in [5, 5.41) is 0. The Hall–Kier alpha value is -1.81. The molecule has 1 aromatic carbocycles. The lowest BCUT2D eigenvalue weighted by Crippen LogP contribution is -3.03. The first-order valence-electron chi connectivity index (χ1n) is 5.61. The van der Waals surface area contributed by atoms with E-state index >= 15 is 0 Å². The van der Waals surface area contributed by atoms with Gasteiger partial charge in [0.1, 0.15) is 11.9 Å². The van der Waals surface area contributed by atoms with Gasteiger partial charge in [-0.05, 0) is 12.1 Å². The van der Waals surface area contributed by atoms with E-state index in [2.05, 4.69) is 7.05 Å². The number of hydrogen-bond donors (Lipinski definition) is 1. The number of nitrogens with one attached hydrogen (secondary N) is 1. The van der Waals surface area contributed by atoms with Crippen molar-refractivity contribution >= 4 is 5.78 Å². The molecule has 0 spiro atoms. The summed E-state index contributed by atoms with van der Waals surface area (Å²) in [6.07, 6.45) is 4.01. The van der Waals surface area contributed by atoms with Crippen LogP contribution in [0.2, 0.25) is 0 Å². The van der Waals surface area contributed by atoms with Crippen LogP contribution in [0.1, 0.15) is 10.4 Å². The van der Waals surface area contributed by atoms with Crippen molar-refractivity contribution in [2.75, 3.05) is 27.4 Å². The van der Waals surface area contributed by atoms with Gasteiger partial charge in [0.2, 0.25) is 0 Å². The zero-order valence-corrected chi connectivity index (χ0v) is 10.1. The first kappa shape index (κ1) is 11.7. The van der Waals surface area contributed by atoms with E-state index in [1.165, 1.54) is 4.90 Å². The van der Waals surface area contributed by atoms with Gasteiger partial charge in [-0.15, -0.1) is 0 Å². The van der Waals surface area contributed by atoms with Crippen molar-refractivity contribution in [3.8, 4) is 5.75 Å². The number of methoxy groups -OCH3 is 1. The van der Waals surface area contributed by atoms with Crippen LogP contribution in [-0.4, -0.2) is 38.1 Å². The Bertz CT molecular complexity index is 443. The van der Waals surface area contributed by atoms with Crippen LogP contribution in [0.4, 0.5) is 0 Å². The van der Waals surface area contributed by atoms with Gasteiger partial charge >= 0.3 is 0 Å². The second-order valence-corrected chi connectivity index (χ2v) is 4.22. The predicted octanol–water partition coefficient (Wildman–Crippen LogP) is 0.137. The minimum absolute atomic E-state index is 0.114. The zero-order chi connectivity index (χ0) is 12.3. The van der Waals surface area contributed by atoms with Crippen LogP contribution >= 0.6 is 0 Å². The highest BCUT2D eigenvalue weighted by molar-refractivity contribution is 5.98. The van der Waals surface area contributed by atoms with Gasteiger partial charge in [0.05, 0.1) is 26.9 Å². The maximum Gasteiger partial charge on any atom is 0.182 e. The Kier molecular flexibility index (Phi) is 3.44. The molecular formula is C13H17N2O2+. The van der Waals surface area contributed by atoms with Crippen molar-refractivity contribution in [2.45, 2.75) is 0 Å². The summed E-state index contributed by atoms with van der Waals surface area (Å²) < 4.78 is 5.11. The standard InChI is InChI=1S/C13H16N2O2/c1-14-6-7-15(10-14)9-13(16)11-4-3-5-12(8-11)17-2/h3-8H,9-10H2,1-2H3/p+1. The van der Waals surface area contributed by atoms with Crippen molar-refractivity contribution in [2.24, 2.45) is 0 Å². The molecular weight excluding hydrogens is 216 g/mol. The molecule has 0 bridgehead atoms. The van der Waals surface area contributed by atoms with Crippen LogP contribution < -0.4 is 9.64 Å². The number of benzene rings is 1. The number of ether oxygens (including phenoxy) is 1. The molecule has 0 aromatic heterocycles. The number of Topliss-reactive ketones (excluding diaryl/α,β-unsaturated/α-hetero) is 1. The van der Waals surface area contributed by atoms with E-state index in [0.717, 1.165) is 12.4 Å². The molecule has 4 heteroatoms. The van der Waals surface area contributed by atoms with Crippen LogP contribution in [0, 0.1) is 0 Å². The molecule has 2 rings (SSSR count). The normalized spacial score (nSPS) is 18.5. The molecule has 0 radical (unpaired) electrons. The van der Waals surface area contributed by atoms with Crippen molar-refractivity contribution in [1.29, 1.82) is 0 Å². The number of nitrogens with zero attached hydrogens (tertiary/aromatic N) is 1. The second-order valence-electron chi connectivity index (χ2n) is 4.22. The van der Waals surface area contributed by atoms with Crippen LogP contribution in [0.3, 0.4) is 0 Å². The Labute approximate surface area is 101 Å². The summed E-state index contributed by atoms with van der Waals surface area (Å²) in [5.74, 6) is 0.832. The molecule has 0 amide bonds. The summed E-state index contributed by atoms with van der Waals surface area (Å²) in [6, 6.07) is 7.27. The fraction of sp³-hybridized carbons (Fsp3) is 0.308. The molecule has 17 heavy (non-hydrogen) atoms. The third-order valence-corrected chi connectivity index (χ3v) is 2.76. The zero-order valence-electron chi connectivity index (χ0n) is 10.1. The molecule has 0 aliphatic carbocycles. The fourth-order valence-electron chi connectivity index (χ4n) is 1.84. The van der Waals surface area contributed by atoms with Gasteiger partial charge in [-0.2, -0.15) is 0 Å². The highest BCUT2D eigenvalue weighted by Crippen LogP contribution is 2.13. The number of ketones is 1. The maximum atomic E-state index is 12.0. The minimum Gasteiger partial charge on any atom is -0.497 e. The van der Waals surface area contributed by atoms with E-state index in [0.29, 0.717) is 12.1 Å². The quantitative estimate of drug-likeness (QED) is 0.751. The van der Waals surface area contributed by atoms with Gasteiger partial charge in [-0.3, -0.25) is 9.69 Å². The van der Waals surface area contributed by atoms with E-state index in [9.17, 15) is 4.79 Å². The fourth-order valence-corrected chi connectivity index (χ4v) is 1.84. The minimum atomic E-state index is 0.114. The van der Waals surface area contributed by atoms with Crippen molar-refractivity contribution in [3.05, 3.63) is 42.2 Å². The Morgan fingerprint density at radius 1 is 1.53 bits per heavy atom. The monoisotopic (exact) mass is 233 g/mol. The molecule has 1 heterocycles. The molecule has 0 saturated heterocycles. The lowest BCUT2D eigenvalue weighted by atomic mass is 10.1. The van der Waals surface area contributed by atoms with Crippen molar-refractivity contribution < 1.29 is 14.4 Å². The van der Waals surface area contributed by atoms with E-state index in [4.69, 9.17) is 4.74 Å². The lowest BCUT2D eigenvalue weighted by molar-refractivity contribution is -0.826. The van der Waals surface area contributed by atoms with Crippen LogP contribution in [-0.2, 0) is 0 Å². The summed E-state index contributed by atoms with van der Waals surface area (Å²) in [6.45, 7) is 1.26. The van der Waals surface area contributed by atoms with E-state index in [-0.39, 0.29) is 5.78 Å². The summed E-state index contributed by atoms with van der Waals surface area (Å²) >= 11 is 0. The lowest BCUT2D eigenvalue weighted by Gasteiger charge is -2.13. The molecule has 0 saturated carbocycles. The molecule has 1 aliphatic rings. The molecule has 1 aliphatic heterocycles. The van der Waals surface area contributed by atoms with Gasteiger partial charge in [0.25, 0.3) is 0 Å². The first-order chi connectivity index (χ1) is 8.19. The Morgan fingerprint density at radius 2 is 2.35 bits per heavy atom. The van der Waals surface area contributed by atoms with Gasteiger partial charge in [-0.1, -0.05) is 12.1 Å². The van der Waals surface area contributed by atoms with Crippen molar-refractivity contribution in [3.63, 3.8) is 0 Å². The number of rotatable bonds is 4. The van der Waals surface area contributed by atoms with Gasteiger partial charge in [-0.25, -0.2) is 0 Å². The number of quaternary nitrogens is 1. The van der Waals surface area contributed by atoms with Gasteiger partial charge in [0.15, 0.2) is 12.5 Å². The largest absolute Gasteiger partial charge is 0.497 e. The second kappa shape index (κ2) is 5.01. The third-order valence-electron chi connectivity index (χ3n) is 2.76. The molecule has 1 atom stereocenters. The smallest absolute Gasteiger partial charge is 0.182 e.